The van der Waals surface area contributed by atoms with Crippen molar-refractivity contribution in [3.8, 4) is 0 Å². The van der Waals surface area contributed by atoms with Gasteiger partial charge in [0.05, 0.1) is 16.7 Å². The summed E-state index contributed by atoms with van der Waals surface area (Å²) in [5.41, 5.74) is 2.85. The average Bonchev–Trinajstić information content (AvgIpc) is 2.38. The van der Waals surface area contributed by atoms with Crippen LogP contribution >= 0.6 is 11.6 Å². The number of rotatable bonds is 5. The minimum Gasteiger partial charge on any atom is -0.354 e. The molecule has 0 fully saturated rings. The lowest BCUT2D eigenvalue weighted by atomic mass is 10.2. The molecule has 1 aromatic heterocycles. The van der Waals surface area contributed by atoms with Crippen LogP contribution in [0.4, 0.5) is 5.82 Å². The van der Waals surface area contributed by atoms with E-state index >= 15 is 0 Å². The number of aryl methyl sites for hydroxylation is 1. The summed E-state index contributed by atoms with van der Waals surface area (Å²) in [5, 5.41) is 0. The van der Waals surface area contributed by atoms with E-state index in [9.17, 15) is 0 Å². The molecule has 1 aromatic carbocycles. The zero-order valence-electron chi connectivity index (χ0n) is 10.9. The van der Waals surface area contributed by atoms with Crippen molar-refractivity contribution in [2.75, 3.05) is 23.9 Å². The van der Waals surface area contributed by atoms with Gasteiger partial charge in [-0.3, -0.25) is 0 Å². The van der Waals surface area contributed by atoms with Crippen molar-refractivity contribution in [2.45, 2.75) is 20.3 Å². The Hall–Kier alpha value is -1.35. The van der Waals surface area contributed by atoms with Gasteiger partial charge in [0.25, 0.3) is 0 Å². The summed E-state index contributed by atoms with van der Waals surface area (Å²) in [7, 11) is 0. The number of aromatic nitrogens is 2. The highest BCUT2D eigenvalue weighted by molar-refractivity contribution is 6.18. The van der Waals surface area contributed by atoms with Gasteiger partial charge in [0.2, 0.25) is 0 Å². The van der Waals surface area contributed by atoms with Crippen LogP contribution in [0.1, 0.15) is 19.0 Å². The predicted octanol–water partition coefficient (Wildman–Crippen LogP) is 3.39. The van der Waals surface area contributed by atoms with Crippen molar-refractivity contribution < 1.29 is 0 Å². The van der Waals surface area contributed by atoms with Crippen molar-refractivity contribution in [2.24, 2.45) is 0 Å². The van der Waals surface area contributed by atoms with Crippen LogP contribution in [0.25, 0.3) is 11.0 Å². The van der Waals surface area contributed by atoms with Crippen LogP contribution in [0, 0.1) is 6.92 Å². The third-order valence-electron chi connectivity index (χ3n) is 2.87. The highest BCUT2D eigenvalue weighted by atomic mass is 35.5. The van der Waals surface area contributed by atoms with Crippen LogP contribution in [0.3, 0.4) is 0 Å². The van der Waals surface area contributed by atoms with E-state index in [2.05, 4.69) is 16.8 Å². The van der Waals surface area contributed by atoms with Gasteiger partial charge in [-0.25, -0.2) is 9.97 Å². The quantitative estimate of drug-likeness (QED) is 0.775. The number of alkyl halides is 1. The van der Waals surface area contributed by atoms with Crippen molar-refractivity contribution in [1.82, 2.24) is 9.97 Å². The van der Waals surface area contributed by atoms with E-state index in [-0.39, 0.29) is 0 Å². The first-order chi connectivity index (χ1) is 8.76. The first-order valence-electron chi connectivity index (χ1n) is 6.30. The lowest BCUT2D eigenvalue weighted by Gasteiger charge is -2.23. The number of halogens is 1. The summed E-state index contributed by atoms with van der Waals surface area (Å²) in [6.45, 7) is 5.93. The molecule has 0 aliphatic carbocycles. The Morgan fingerprint density at radius 3 is 2.39 bits per heavy atom. The molecule has 0 amide bonds. The molecule has 2 rings (SSSR count). The summed E-state index contributed by atoms with van der Waals surface area (Å²) >= 11 is 5.86. The van der Waals surface area contributed by atoms with Gasteiger partial charge in [0, 0.05) is 19.0 Å². The Morgan fingerprint density at radius 2 is 1.78 bits per heavy atom. The molecule has 0 radical (unpaired) electrons. The molecule has 0 N–H and O–H groups in total. The van der Waals surface area contributed by atoms with Crippen molar-refractivity contribution in [3.05, 3.63) is 30.0 Å². The van der Waals surface area contributed by atoms with Crippen molar-refractivity contribution >= 4 is 28.5 Å². The molecule has 18 heavy (non-hydrogen) atoms. The number of nitrogens with zero attached hydrogens (tertiary/aromatic N) is 3. The highest BCUT2D eigenvalue weighted by Gasteiger charge is 2.11. The molecule has 3 nitrogen and oxygen atoms in total. The third-order valence-corrected chi connectivity index (χ3v) is 3.04. The van der Waals surface area contributed by atoms with Crippen LogP contribution in [0.2, 0.25) is 0 Å². The van der Waals surface area contributed by atoms with E-state index in [0.717, 1.165) is 42.1 Å². The number of para-hydroxylation sites is 2. The fourth-order valence-corrected chi connectivity index (χ4v) is 2.28. The maximum atomic E-state index is 5.86. The molecule has 0 atom stereocenters. The second kappa shape index (κ2) is 6.01. The standard InChI is InChI=1S/C14H18ClN3/c1-3-9-18(10-8-15)14-11(2)16-12-6-4-5-7-13(12)17-14/h4-7H,3,8-10H2,1-2H3. The smallest absolute Gasteiger partial charge is 0.150 e. The molecule has 0 aliphatic heterocycles. The molecule has 0 aliphatic rings. The Balaban J connectivity index is 2.44. The first-order valence-corrected chi connectivity index (χ1v) is 6.84. The maximum absolute atomic E-state index is 5.86. The summed E-state index contributed by atoms with van der Waals surface area (Å²) < 4.78 is 0. The fraction of sp³-hybridized carbons (Fsp3) is 0.429. The summed E-state index contributed by atoms with van der Waals surface area (Å²) in [5.74, 6) is 1.56. The Labute approximate surface area is 113 Å². The van der Waals surface area contributed by atoms with E-state index in [0.29, 0.717) is 5.88 Å². The SMILES string of the molecule is CCCN(CCCl)c1nc2ccccc2nc1C. The van der Waals surface area contributed by atoms with Crippen molar-refractivity contribution in [1.29, 1.82) is 0 Å². The molecular weight excluding hydrogens is 246 g/mol. The monoisotopic (exact) mass is 263 g/mol. The topological polar surface area (TPSA) is 29.0 Å². The summed E-state index contributed by atoms with van der Waals surface area (Å²) in [6.07, 6.45) is 1.07. The van der Waals surface area contributed by atoms with E-state index in [1.54, 1.807) is 0 Å². The molecule has 1 heterocycles. The molecule has 0 saturated carbocycles. The third kappa shape index (κ3) is 2.72. The summed E-state index contributed by atoms with van der Waals surface area (Å²) in [6, 6.07) is 7.96. The van der Waals surface area contributed by atoms with Gasteiger partial charge in [-0.2, -0.15) is 0 Å². The minimum absolute atomic E-state index is 0.605. The zero-order chi connectivity index (χ0) is 13.0. The zero-order valence-corrected chi connectivity index (χ0v) is 11.6. The molecule has 0 unspecified atom stereocenters. The normalized spacial score (nSPS) is 10.8. The number of benzene rings is 1. The largest absolute Gasteiger partial charge is 0.354 e. The number of hydrogen-bond donors (Lipinski definition) is 0. The number of fused-ring (bicyclic) bond motifs is 1. The molecule has 0 saturated heterocycles. The molecule has 4 heteroatoms. The molecule has 0 bridgehead atoms. The molecule has 2 aromatic rings. The maximum Gasteiger partial charge on any atom is 0.150 e. The Morgan fingerprint density at radius 1 is 1.11 bits per heavy atom. The van der Waals surface area contributed by atoms with Gasteiger partial charge in [0.15, 0.2) is 5.82 Å². The Bertz CT molecular complexity index is 521. The highest BCUT2D eigenvalue weighted by Crippen LogP contribution is 2.20. The Kier molecular flexibility index (Phi) is 4.37. The van der Waals surface area contributed by atoms with E-state index in [1.165, 1.54) is 0 Å². The van der Waals surface area contributed by atoms with Crippen LogP contribution in [0.15, 0.2) is 24.3 Å². The van der Waals surface area contributed by atoms with Crippen LogP contribution in [-0.4, -0.2) is 28.9 Å². The van der Waals surface area contributed by atoms with Crippen LogP contribution in [0.5, 0.6) is 0 Å². The summed E-state index contributed by atoms with van der Waals surface area (Å²) in [4.78, 5) is 11.5. The fourth-order valence-electron chi connectivity index (χ4n) is 2.07. The van der Waals surface area contributed by atoms with Gasteiger partial charge < -0.3 is 4.90 Å². The second-order valence-electron chi connectivity index (χ2n) is 4.30. The van der Waals surface area contributed by atoms with Gasteiger partial charge in [-0.05, 0) is 25.5 Å². The van der Waals surface area contributed by atoms with Gasteiger partial charge in [0.1, 0.15) is 0 Å². The van der Waals surface area contributed by atoms with Gasteiger partial charge in [-0.1, -0.05) is 19.1 Å². The van der Waals surface area contributed by atoms with Gasteiger partial charge >= 0.3 is 0 Å². The molecule has 96 valence electrons. The van der Waals surface area contributed by atoms with Crippen molar-refractivity contribution in [3.63, 3.8) is 0 Å². The minimum atomic E-state index is 0.605. The predicted molar refractivity (Wildman–Crippen MR) is 77.5 cm³/mol. The van der Waals surface area contributed by atoms with E-state index < -0.39 is 0 Å². The van der Waals surface area contributed by atoms with E-state index in [4.69, 9.17) is 16.6 Å². The second-order valence-corrected chi connectivity index (χ2v) is 4.68. The lowest BCUT2D eigenvalue weighted by molar-refractivity contribution is 0.776. The number of anilines is 1. The molecule has 0 spiro atoms. The van der Waals surface area contributed by atoms with Gasteiger partial charge in [-0.15, -0.1) is 11.6 Å². The molecular formula is C14H18ClN3. The lowest BCUT2D eigenvalue weighted by Crippen LogP contribution is -2.28. The van der Waals surface area contributed by atoms with Crippen LogP contribution in [-0.2, 0) is 0 Å². The van der Waals surface area contributed by atoms with Crippen LogP contribution < -0.4 is 4.90 Å². The van der Waals surface area contributed by atoms with E-state index in [1.807, 2.05) is 31.2 Å². The first kappa shape index (κ1) is 13.1. The average molecular weight is 264 g/mol. The number of hydrogen-bond acceptors (Lipinski definition) is 3.